The Morgan fingerprint density at radius 2 is 2.03 bits per heavy atom. The Labute approximate surface area is 168 Å². The van der Waals surface area contributed by atoms with Crippen molar-refractivity contribution < 1.29 is 18.7 Å². The molecule has 0 spiro atoms. The van der Waals surface area contributed by atoms with Gasteiger partial charge in [-0.3, -0.25) is 9.59 Å². The number of aromatic nitrogens is 3. The van der Waals surface area contributed by atoms with E-state index in [1.807, 2.05) is 25.1 Å². The van der Waals surface area contributed by atoms with Crippen LogP contribution in [0.1, 0.15) is 42.9 Å². The smallest absolute Gasteiger partial charge is 0.309 e. The minimum atomic E-state index is -0.169. The summed E-state index contributed by atoms with van der Waals surface area (Å²) >= 11 is 0. The van der Waals surface area contributed by atoms with Gasteiger partial charge in [0.25, 0.3) is 5.91 Å². The van der Waals surface area contributed by atoms with Gasteiger partial charge in [-0.25, -0.2) is 9.50 Å². The molecule has 1 fully saturated rings. The molecule has 8 heteroatoms. The fourth-order valence-electron chi connectivity index (χ4n) is 3.68. The van der Waals surface area contributed by atoms with Gasteiger partial charge in [-0.15, -0.1) is 0 Å². The lowest BCUT2D eigenvalue weighted by atomic mass is 9.97. The summed E-state index contributed by atoms with van der Waals surface area (Å²) in [4.78, 5) is 31.3. The predicted molar refractivity (Wildman–Crippen MR) is 105 cm³/mol. The van der Waals surface area contributed by atoms with Crippen molar-refractivity contribution in [3.63, 3.8) is 0 Å². The number of hydrogen-bond donors (Lipinski definition) is 0. The maximum Gasteiger partial charge on any atom is 0.309 e. The van der Waals surface area contributed by atoms with Gasteiger partial charge in [0.05, 0.1) is 18.8 Å². The molecule has 0 aliphatic carbocycles. The molecule has 8 nitrogen and oxygen atoms in total. The maximum absolute atomic E-state index is 13.0. The van der Waals surface area contributed by atoms with Crippen LogP contribution in [-0.2, 0) is 16.0 Å². The summed E-state index contributed by atoms with van der Waals surface area (Å²) in [7, 11) is 0. The molecule has 29 heavy (non-hydrogen) atoms. The number of likely N-dealkylation sites (tertiary alicyclic amines) is 1. The maximum atomic E-state index is 13.0. The summed E-state index contributed by atoms with van der Waals surface area (Å²) in [6, 6.07) is 7.27. The zero-order valence-corrected chi connectivity index (χ0v) is 16.6. The SMILES string of the molecule is CCOC(=O)C1CCN(C(=O)c2cc(CC)n3nc(-c4ccco4)cc3n2)CC1. The fraction of sp³-hybridized carbons (Fsp3) is 0.429. The van der Waals surface area contributed by atoms with Crippen molar-refractivity contribution in [1.82, 2.24) is 19.5 Å². The van der Waals surface area contributed by atoms with Crippen LogP contribution >= 0.6 is 0 Å². The number of furan rings is 1. The third-order valence-corrected chi connectivity index (χ3v) is 5.26. The zero-order chi connectivity index (χ0) is 20.4. The van der Waals surface area contributed by atoms with Gasteiger partial charge < -0.3 is 14.1 Å². The molecule has 0 saturated carbocycles. The van der Waals surface area contributed by atoms with Gasteiger partial charge in [-0.05, 0) is 44.4 Å². The molecule has 4 rings (SSSR count). The first-order valence-electron chi connectivity index (χ1n) is 10.00. The van der Waals surface area contributed by atoms with E-state index in [4.69, 9.17) is 9.15 Å². The Kier molecular flexibility index (Phi) is 5.33. The summed E-state index contributed by atoms with van der Waals surface area (Å²) < 4.78 is 12.3. The number of nitrogens with zero attached hydrogens (tertiary/aromatic N) is 4. The molecule has 0 atom stereocenters. The monoisotopic (exact) mass is 396 g/mol. The van der Waals surface area contributed by atoms with Crippen molar-refractivity contribution in [1.29, 1.82) is 0 Å². The lowest BCUT2D eigenvalue weighted by Gasteiger charge is -2.30. The van der Waals surface area contributed by atoms with Gasteiger partial charge >= 0.3 is 5.97 Å². The Balaban J connectivity index is 1.56. The number of rotatable bonds is 5. The summed E-state index contributed by atoms with van der Waals surface area (Å²) in [6.45, 7) is 5.24. The first-order valence-corrected chi connectivity index (χ1v) is 10.00. The molecule has 1 aliphatic heterocycles. The molecular formula is C21H24N4O4. The van der Waals surface area contributed by atoms with E-state index in [0.717, 1.165) is 5.69 Å². The van der Waals surface area contributed by atoms with Gasteiger partial charge in [0.15, 0.2) is 11.4 Å². The number of carbonyl (C=O) groups is 2. The lowest BCUT2D eigenvalue weighted by molar-refractivity contribution is -0.149. The Morgan fingerprint density at radius 1 is 1.24 bits per heavy atom. The number of esters is 1. The van der Waals surface area contributed by atoms with Crippen LogP contribution in [0.5, 0.6) is 0 Å². The van der Waals surface area contributed by atoms with Crippen LogP contribution in [-0.4, -0.2) is 51.1 Å². The first kappa shape index (κ1) is 19.2. The van der Waals surface area contributed by atoms with Gasteiger partial charge in [0, 0.05) is 24.8 Å². The van der Waals surface area contributed by atoms with Crippen molar-refractivity contribution in [2.45, 2.75) is 33.1 Å². The molecule has 152 valence electrons. The van der Waals surface area contributed by atoms with E-state index in [1.54, 1.807) is 28.7 Å². The highest BCUT2D eigenvalue weighted by Crippen LogP contribution is 2.23. The molecule has 0 aromatic carbocycles. The zero-order valence-electron chi connectivity index (χ0n) is 16.6. The Bertz CT molecular complexity index is 1020. The van der Waals surface area contributed by atoms with Crippen molar-refractivity contribution in [2.75, 3.05) is 19.7 Å². The van der Waals surface area contributed by atoms with E-state index in [-0.39, 0.29) is 17.8 Å². The quantitative estimate of drug-likeness (QED) is 0.616. The second-order valence-corrected chi connectivity index (χ2v) is 7.08. The van der Waals surface area contributed by atoms with E-state index >= 15 is 0 Å². The highest BCUT2D eigenvalue weighted by Gasteiger charge is 2.29. The summed E-state index contributed by atoms with van der Waals surface area (Å²) in [5, 5.41) is 4.57. The van der Waals surface area contributed by atoms with Gasteiger partial charge in [0.1, 0.15) is 11.4 Å². The number of carbonyl (C=O) groups excluding carboxylic acids is 2. The minimum Gasteiger partial charge on any atom is -0.466 e. The predicted octanol–water partition coefficient (Wildman–Crippen LogP) is 2.97. The van der Waals surface area contributed by atoms with E-state index < -0.39 is 0 Å². The van der Waals surface area contributed by atoms with E-state index in [9.17, 15) is 9.59 Å². The first-order chi connectivity index (χ1) is 14.1. The van der Waals surface area contributed by atoms with Crippen LogP contribution < -0.4 is 0 Å². The topological polar surface area (TPSA) is 89.9 Å². The van der Waals surface area contributed by atoms with Gasteiger partial charge in [-0.2, -0.15) is 5.10 Å². The molecule has 1 amide bonds. The molecule has 0 radical (unpaired) electrons. The van der Waals surface area contributed by atoms with E-state index in [1.165, 1.54) is 0 Å². The average molecular weight is 396 g/mol. The van der Waals surface area contributed by atoms with Crippen LogP contribution in [0, 0.1) is 5.92 Å². The Hall–Kier alpha value is -3.16. The van der Waals surface area contributed by atoms with Crippen molar-refractivity contribution in [3.8, 4) is 11.5 Å². The van der Waals surface area contributed by atoms with Crippen LogP contribution in [0.25, 0.3) is 17.1 Å². The summed E-state index contributed by atoms with van der Waals surface area (Å²) in [5.74, 6) is 0.236. The third kappa shape index (κ3) is 3.74. The van der Waals surface area contributed by atoms with Crippen molar-refractivity contribution in [3.05, 3.63) is 41.9 Å². The van der Waals surface area contributed by atoms with Crippen LogP contribution in [0.15, 0.2) is 34.9 Å². The number of piperidine rings is 1. The van der Waals surface area contributed by atoms with Crippen molar-refractivity contribution >= 4 is 17.5 Å². The molecule has 1 saturated heterocycles. The molecule has 1 aliphatic rings. The average Bonchev–Trinajstić information content (AvgIpc) is 3.42. The van der Waals surface area contributed by atoms with Crippen LogP contribution in [0.2, 0.25) is 0 Å². The fourth-order valence-corrected chi connectivity index (χ4v) is 3.68. The molecule has 0 bridgehead atoms. The highest BCUT2D eigenvalue weighted by atomic mass is 16.5. The second kappa shape index (κ2) is 8.06. The third-order valence-electron chi connectivity index (χ3n) is 5.26. The largest absolute Gasteiger partial charge is 0.466 e. The lowest BCUT2D eigenvalue weighted by Crippen LogP contribution is -2.41. The molecular weight excluding hydrogens is 372 g/mol. The van der Waals surface area contributed by atoms with E-state index in [0.29, 0.717) is 61.8 Å². The Morgan fingerprint density at radius 3 is 2.69 bits per heavy atom. The number of aryl methyl sites for hydroxylation is 1. The second-order valence-electron chi connectivity index (χ2n) is 7.08. The number of amides is 1. The number of fused-ring (bicyclic) bond motifs is 1. The number of hydrogen-bond acceptors (Lipinski definition) is 6. The van der Waals surface area contributed by atoms with Gasteiger partial charge in [-0.1, -0.05) is 6.92 Å². The number of ether oxygens (including phenoxy) is 1. The molecule has 0 N–H and O–H groups in total. The highest BCUT2D eigenvalue weighted by molar-refractivity contribution is 5.93. The molecule has 4 heterocycles. The molecule has 0 unspecified atom stereocenters. The van der Waals surface area contributed by atoms with E-state index in [2.05, 4.69) is 10.1 Å². The van der Waals surface area contributed by atoms with Crippen molar-refractivity contribution in [2.24, 2.45) is 5.92 Å². The molecule has 3 aromatic heterocycles. The van der Waals surface area contributed by atoms with Crippen LogP contribution in [0.3, 0.4) is 0 Å². The summed E-state index contributed by atoms with van der Waals surface area (Å²) in [6.07, 6.45) is 3.54. The minimum absolute atomic E-state index is 0.120. The normalized spacial score (nSPS) is 15.0. The summed E-state index contributed by atoms with van der Waals surface area (Å²) in [5.41, 5.74) is 2.59. The van der Waals surface area contributed by atoms with Gasteiger partial charge in [0.2, 0.25) is 0 Å². The standard InChI is InChI=1S/C21H24N4O4/c1-3-15-12-17(20(26)24-9-7-14(8-10-24)21(27)28-4-2)22-19-13-16(23-25(15)19)18-6-5-11-29-18/h5-6,11-14H,3-4,7-10H2,1-2H3. The molecule has 3 aromatic rings. The van der Waals surface area contributed by atoms with Crippen LogP contribution in [0.4, 0.5) is 0 Å².